The summed E-state index contributed by atoms with van der Waals surface area (Å²) in [5.74, 6) is -0.965. The van der Waals surface area contributed by atoms with Crippen LogP contribution in [0, 0.1) is 5.82 Å². The summed E-state index contributed by atoms with van der Waals surface area (Å²) < 4.78 is 66.9. The average molecular weight is 545 g/mol. The van der Waals surface area contributed by atoms with E-state index in [4.69, 9.17) is 14.2 Å². The molecule has 0 aliphatic heterocycles. The molecule has 2 amide bonds. The number of halogens is 4. The van der Waals surface area contributed by atoms with E-state index in [1.165, 1.54) is 17.0 Å². The number of aliphatic carboxylic acids is 1. The second-order valence-electron chi connectivity index (χ2n) is 8.27. The summed E-state index contributed by atoms with van der Waals surface area (Å²) in [6.45, 7) is 1.17. The number of nitrogens with one attached hydrogen (secondary N) is 1. The zero-order valence-electron chi connectivity index (χ0n) is 21.0. The van der Waals surface area contributed by atoms with E-state index in [2.05, 4.69) is 0 Å². The Labute approximate surface area is 218 Å². The van der Waals surface area contributed by atoms with E-state index in [9.17, 15) is 32.3 Å². The van der Waals surface area contributed by atoms with Crippen molar-refractivity contribution in [2.24, 2.45) is 0 Å². The van der Waals surface area contributed by atoms with Gasteiger partial charge in [0.2, 0.25) is 0 Å². The Balaban J connectivity index is 1.83. The summed E-state index contributed by atoms with van der Waals surface area (Å²) in [6.07, 6.45) is -4.96. The Morgan fingerprint density at radius 3 is 2.26 bits per heavy atom. The Morgan fingerprint density at radius 1 is 1.00 bits per heavy atom. The van der Waals surface area contributed by atoms with Crippen LogP contribution in [0.15, 0.2) is 48.5 Å². The first-order chi connectivity index (χ1) is 18.1. The van der Waals surface area contributed by atoms with E-state index >= 15 is 0 Å². The van der Waals surface area contributed by atoms with Crippen LogP contribution in [-0.2, 0) is 27.3 Å². The van der Waals surface area contributed by atoms with Crippen molar-refractivity contribution in [1.29, 1.82) is 0 Å². The van der Waals surface area contributed by atoms with Gasteiger partial charge >= 0.3 is 18.2 Å². The zero-order valence-corrected chi connectivity index (χ0v) is 21.0. The van der Waals surface area contributed by atoms with Gasteiger partial charge in [-0.3, -0.25) is 0 Å². The number of rotatable bonds is 16. The molecule has 2 aromatic rings. The van der Waals surface area contributed by atoms with Gasteiger partial charge in [-0.1, -0.05) is 24.3 Å². The maximum absolute atomic E-state index is 13.0. The number of hydrogen-bond acceptors (Lipinski definition) is 5. The molecule has 1 unspecified atom stereocenters. The molecule has 12 heteroatoms. The van der Waals surface area contributed by atoms with Gasteiger partial charge in [0, 0.05) is 26.2 Å². The molecule has 8 nitrogen and oxygen atoms in total. The number of carbonyl (C=O) groups excluding carboxylic acids is 1. The van der Waals surface area contributed by atoms with Gasteiger partial charge in [-0.2, -0.15) is 13.2 Å². The quantitative estimate of drug-likeness (QED) is 0.240. The molecule has 0 aliphatic carbocycles. The first kappa shape index (κ1) is 30.8. The Kier molecular flexibility index (Phi) is 12.8. The number of carbonyl (C=O) groups is 2. The summed E-state index contributed by atoms with van der Waals surface area (Å²) in [5.41, 5.74) is 1.49. The van der Waals surface area contributed by atoms with Gasteiger partial charge in [-0.25, -0.2) is 14.0 Å². The minimum atomic E-state index is -4.54. The minimum absolute atomic E-state index is 0.0198. The molecule has 2 aromatic carbocycles. The van der Waals surface area contributed by atoms with Crippen molar-refractivity contribution in [3.63, 3.8) is 0 Å². The zero-order chi connectivity index (χ0) is 28.0. The maximum Gasteiger partial charge on any atom is 0.405 e. The molecular formula is C26H32F4N2O6. The highest BCUT2D eigenvalue weighted by Gasteiger charge is 2.28. The largest absolute Gasteiger partial charge is 0.492 e. The Bertz CT molecular complexity index is 987. The van der Waals surface area contributed by atoms with E-state index in [-0.39, 0.29) is 51.8 Å². The van der Waals surface area contributed by atoms with Crippen molar-refractivity contribution in [1.82, 2.24) is 10.2 Å². The van der Waals surface area contributed by atoms with Gasteiger partial charge < -0.3 is 29.5 Å². The molecular weight excluding hydrogens is 512 g/mol. The third kappa shape index (κ3) is 12.2. The molecule has 210 valence electrons. The fraction of sp³-hybridized carbons (Fsp3) is 0.462. The van der Waals surface area contributed by atoms with Crippen LogP contribution in [0.25, 0.3) is 0 Å². The van der Waals surface area contributed by atoms with Gasteiger partial charge in [-0.15, -0.1) is 0 Å². The summed E-state index contributed by atoms with van der Waals surface area (Å²) in [5, 5.41) is 11.1. The number of nitrogens with zero attached hydrogens (tertiary/aromatic N) is 1. The number of amides is 2. The van der Waals surface area contributed by atoms with Crippen LogP contribution >= 0.6 is 0 Å². The molecule has 0 bridgehead atoms. The van der Waals surface area contributed by atoms with Gasteiger partial charge in [0.15, 0.2) is 6.10 Å². The standard InChI is InChI=1S/C26H32F4N2O6/c1-2-37-23(24(33)34)16-19-6-10-22(11-7-19)38-15-13-32(25(35)31-18-26(28,29)30)12-3-14-36-17-20-4-8-21(27)9-5-20/h4-11,23H,2-3,12-18H2,1H3,(H,31,35)(H,33,34). The molecule has 38 heavy (non-hydrogen) atoms. The lowest BCUT2D eigenvalue weighted by Crippen LogP contribution is -2.45. The van der Waals surface area contributed by atoms with Gasteiger partial charge in [0.1, 0.15) is 24.7 Å². The van der Waals surface area contributed by atoms with Crippen LogP contribution in [0.2, 0.25) is 0 Å². The van der Waals surface area contributed by atoms with Gasteiger partial charge in [0.05, 0.1) is 13.2 Å². The Hall–Kier alpha value is -3.38. The highest BCUT2D eigenvalue weighted by molar-refractivity contribution is 5.74. The lowest BCUT2D eigenvalue weighted by molar-refractivity contribution is -0.150. The summed E-state index contributed by atoms with van der Waals surface area (Å²) in [6, 6.07) is 11.6. The minimum Gasteiger partial charge on any atom is -0.492 e. The van der Waals surface area contributed by atoms with E-state index in [0.29, 0.717) is 12.2 Å². The molecule has 0 heterocycles. The number of hydrogen-bond donors (Lipinski definition) is 2. The molecule has 0 saturated carbocycles. The van der Waals surface area contributed by atoms with Gasteiger partial charge in [-0.05, 0) is 48.7 Å². The molecule has 0 radical (unpaired) electrons. The highest BCUT2D eigenvalue weighted by atomic mass is 19.4. The summed E-state index contributed by atoms with van der Waals surface area (Å²) in [4.78, 5) is 24.8. The van der Waals surface area contributed by atoms with Crippen LogP contribution in [0.5, 0.6) is 5.75 Å². The SMILES string of the molecule is CCOC(Cc1ccc(OCCN(CCCOCc2ccc(F)cc2)C(=O)NCC(F)(F)F)cc1)C(=O)O. The lowest BCUT2D eigenvalue weighted by Gasteiger charge is -2.23. The fourth-order valence-corrected chi connectivity index (χ4v) is 3.36. The first-order valence-corrected chi connectivity index (χ1v) is 12.0. The molecule has 2 rings (SSSR count). The summed E-state index contributed by atoms with van der Waals surface area (Å²) >= 11 is 0. The number of alkyl halides is 3. The van der Waals surface area contributed by atoms with Crippen molar-refractivity contribution >= 4 is 12.0 Å². The number of carboxylic acids is 1. The summed E-state index contributed by atoms with van der Waals surface area (Å²) in [7, 11) is 0. The normalized spacial score (nSPS) is 12.1. The van der Waals surface area contributed by atoms with E-state index < -0.39 is 30.8 Å². The molecule has 0 spiro atoms. The molecule has 0 saturated heterocycles. The molecule has 0 aliphatic rings. The molecule has 0 aromatic heterocycles. The topological polar surface area (TPSA) is 97.3 Å². The van der Waals surface area contributed by atoms with Crippen LogP contribution in [0.4, 0.5) is 22.4 Å². The number of benzene rings is 2. The van der Waals surface area contributed by atoms with Crippen LogP contribution in [0.1, 0.15) is 24.5 Å². The number of carboxylic acid groups (broad SMARTS) is 1. The van der Waals surface area contributed by atoms with Gasteiger partial charge in [0.25, 0.3) is 0 Å². The third-order valence-corrected chi connectivity index (χ3v) is 5.24. The van der Waals surface area contributed by atoms with E-state index in [1.807, 2.05) is 5.32 Å². The number of urea groups is 1. The highest BCUT2D eigenvalue weighted by Crippen LogP contribution is 2.15. The number of ether oxygens (including phenoxy) is 3. The van der Waals surface area contributed by atoms with Crippen molar-refractivity contribution in [3.05, 3.63) is 65.5 Å². The van der Waals surface area contributed by atoms with Crippen molar-refractivity contribution in [2.45, 2.75) is 38.7 Å². The van der Waals surface area contributed by atoms with Crippen LogP contribution in [0.3, 0.4) is 0 Å². The molecule has 0 fully saturated rings. The Morgan fingerprint density at radius 2 is 1.66 bits per heavy atom. The van der Waals surface area contributed by atoms with E-state index in [1.54, 1.807) is 43.3 Å². The smallest absolute Gasteiger partial charge is 0.405 e. The third-order valence-electron chi connectivity index (χ3n) is 5.24. The van der Waals surface area contributed by atoms with E-state index in [0.717, 1.165) is 11.1 Å². The maximum atomic E-state index is 13.0. The van der Waals surface area contributed by atoms with Crippen molar-refractivity contribution in [2.75, 3.05) is 39.5 Å². The predicted molar refractivity (Wildman–Crippen MR) is 130 cm³/mol. The predicted octanol–water partition coefficient (Wildman–Crippen LogP) is 4.42. The van der Waals surface area contributed by atoms with Crippen LogP contribution in [-0.4, -0.2) is 73.7 Å². The van der Waals surface area contributed by atoms with Crippen molar-refractivity contribution < 1.29 is 46.5 Å². The first-order valence-electron chi connectivity index (χ1n) is 12.0. The molecule has 2 N–H and O–H groups in total. The lowest BCUT2D eigenvalue weighted by atomic mass is 10.1. The fourth-order valence-electron chi connectivity index (χ4n) is 3.36. The second-order valence-corrected chi connectivity index (χ2v) is 8.27. The molecule has 1 atom stereocenters. The van der Waals surface area contributed by atoms with Crippen LogP contribution < -0.4 is 10.1 Å². The van der Waals surface area contributed by atoms with Crippen molar-refractivity contribution in [3.8, 4) is 5.75 Å². The monoisotopic (exact) mass is 544 g/mol. The average Bonchev–Trinajstić information content (AvgIpc) is 2.87. The second kappa shape index (κ2) is 15.8.